The smallest absolute Gasteiger partial charge is 0.325 e. The van der Waals surface area contributed by atoms with Crippen LogP contribution in [0.25, 0.3) is 10.2 Å². The molecule has 0 saturated carbocycles. The molecule has 38 heavy (non-hydrogen) atoms. The lowest BCUT2D eigenvalue weighted by atomic mass is 10.0. The number of pyridine rings is 1. The van der Waals surface area contributed by atoms with E-state index in [1.54, 1.807) is 30.9 Å². The van der Waals surface area contributed by atoms with Crippen molar-refractivity contribution in [1.82, 2.24) is 20.0 Å². The Hall–Kier alpha value is -3.29. The molecule has 0 spiro atoms. The Balaban J connectivity index is 1.31. The number of rotatable bonds is 7. The van der Waals surface area contributed by atoms with E-state index >= 15 is 0 Å². The number of likely N-dealkylation sites (N-methyl/N-ethyl adjacent to an activating group) is 1. The fourth-order valence-corrected chi connectivity index (χ4v) is 5.89. The number of urea groups is 1. The molecule has 2 aromatic heterocycles. The van der Waals surface area contributed by atoms with Crippen molar-refractivity contribution in [3.63, 3.8) is 0 Å². The molecule has 0 bridgehead atoms. The van der Waals surface area contributed by atoms with Crippen LogP contribution in [0, 0.1) is 11.6 Å². The quantitative estimate of drug-likeness (QED) is 0.276. The summed E-state index contributed by atoms with van der Waals surface area (Å²) < 4.78 is 34.1. The van der Waals surface area contributed by atoms with Gasteiger partial charge < -0.3 is 10.2 Å². The molecular weight excluding hydrogens is 598 g/mol. The number of fused-ring (bicyclic) bond motifs is 2. The summed E-state index contributed by atoms with van der Waals surface area (Å²) in [4.78, 5) is 36.5. The Bertz CT molecular complexity index is 1500. The van der Waals surface area contributed by atoms with Gasteiger partial charge in [0.05, 0.1) is 27.9 Å². The van der Waals surface area contributed by atoms with Gasteiger partial charge >= 0.3 is 6.03 Å². The van der Waals surface area contributed by atoms with Crippen molar-refractivity contribution in [2.75, 3.05) is 22.8 Å². The monoisotopic (exact) mass is 618 g/mol. The minimum absolute atomic E-state index is 0.114. The Labute approximate surface area is 233 Å². The van der Waals surface area contributed by atoms with Gasteiger partial charge in [0.25, 0.3) is 0 Å². The summed E-state index contributed by atoms with van der Waals surface area (Å²) in [6.45, 7) is 0.649. The minimum Gasteiger partial charge on any atom is -0.325 e. The predicted octanol–water partition coefficient (Wildman–Crippen LogP) is 5.23. The number of nitrogens with zero attached hydrogens (tertiary/aromatic N) is 4. The number of anilines is 2. The first-order valence-corrected chi connectivity index (χ1v) is 13.9. The first-order chi connectivity index (χ1) is 18.3. The number of amides is 3. The number of halogens is 3. The van der Waals surface area contributed by atoms with Gasteiger partial charge in [-0.25, -0.2) is 23.5 Å². The van der Waals surface area contributed by atoms with Crippen LogP contribution in [0.15, 0.2) is 58.6 Å². The van der Waals surface area contributed by atoms with Crippen LogP contribution >= 0.6 is 39.4 Å². The van der Waals surface area contributed by atoms with E-state index in [2.05, 4.69) is 35.9 Å². The van der Waals surface area contributed by atoms with Gasteiger partial charge in [0.1, 0.15) is 23.5 Å². The second-order valence-corrected chi connectivity index (χ2v) is 11.2. The van der Waals surface area contributed by atoms with Crippen molar-refractivity contribution in [2.45, 2.75) is 18.9 Å². The summed E-state index contributed by atoms with van der Waals surface area (Å²) in [5.41, 5.74) is 4.32. The van der Waals surface area contributed by atoms with Crippen molar-refractivity contribution in [1.29, 1.82) is 0 Å². The molecule has 0 aliphatic carbocycles. The summed E-state index contributed by atoms with van der Waals surface area (Å²) in [6, 6.07) is 8.71. The average molecular weight is 620 g/mol. The molecule has 0 fully saturated rings. The molecule has 3 heterocycles. The molecule has 8 nitrogen and oxygen atoms in total. The molecule has 1 aliphatic heterocycles. The van der Waals surface area contributed by atoms with Crippen molar-refractivity contribution in [3.05, 3.63) is 81.4 Å². The van der Waals surface area contributed by atoms with Gasteiger partial charge in [-0.1, -0.05) is 0 Å². The molecule has 4 aromatic rings. The zero-order valence-electron chi connectivity index (χ0n) is 20.0. The third-order valence-electron chi connectivity index (χ3n) is 5.98. The highest BCUT2D eigenvalue weighted by molar-refractivity contribution is 9.10. The van der Waals surface area contributed by atoms with Gasteiger partial charge in [0.2, 0.25) is 5.91 Å². The van der Waals surface area contributed by atoms with Crippen LogP contribution in [0.2, 0.25) is 0 Å². The van der Waals surface area contributed by atoms with Crippen LogP contribution in [0.1, 0.15) is 11.1 Å². The molecule has 0 saturated heterocycles. The van der Waals surface area contributed by atoms with E-state index in [9.17, 15) is 18.4 Å². The standard InChI is InChI=1S/C25H21BrF2N6O2S2/c1-33(19-2-3-22-20(11-19)30-13-37-22)24(35)21(8-14-6-17(27)10-18(28)7-14)31-25(36)32-38-34-5-4-15-9-16(26)12-29-23(15)34/h2-3,6-7,9-13,21H,4-5,8H2,1H3,(H2,31,32,36). The Morgan fingerprint density at radius 3 is 2.76 bits per heavy atom. The number of hydrogen-bond donors (Lipinski definition) is 2. The van der Waals surface area contributed by atoms with E-state index in [0.29, 0.717) is 12.2 Å². The van der Waals surface area contributed by atoms with Crippen LogP contribution < -0.4 is 19.2 Å². The largest absolute Gasteiger partial charge is 0.326 e. The Morgan fingerprint density at radius 2 is 1.97 bits per heavy atom. The molecule has 2 N–H and O–H groups in total. The molecule has 13 heteroatoms. The number of carbonyl (C=O) groups excluding carboxylic acids is 2. The summed E-state index contributed by atoms with van der Waals surface area (Å²) in [5, 5.41) is 2.67. The van der Waals surface area contributed by atoms with E-state index in [0.717, 1.165) is 62.8 Å². The number of nitrogens with one attached hydrogen (secondary N) is 2. The van der Waals surface area contributed by atoms with Crippen molar-refractivity contribution in [3.8, 4) is 0 Å². The summed E-state index contributed by atoms with van der Waals surface area (Å²) in [5.74, 6) is -1.23. The molecule has 196 valence electrons. The average Bonchev–Trinajstić information content (AvgIpc) is 3.51. The number of aromatic nitrogens is 2. The lowest BCUT2D eigenvalue weighted by molar-refractivity contribution is -0.120. The van der Waals surface area contributed by atoms with Crippen LogP contribution in [0.5, 0.6) is 0 Å². The first-order valence-electron chi connectivity index (χ1n) is 11.5. The third kappa shape index (κ3) is 5.89. The molecule has 3 amide bonds. The molecule has 0 radical (unpaired) electrons. The van der Waals surface area contributed by atoms with E-state index < -0.39 is 29.6 Å². The van der Waals surface area contributed by atoms with Gasteiger partial charge in [-0.2, -0.15) is 0 Å². The van der Waals surface area contributed by atoms with E-state index in [1.165, 1.54) is 16.2 Å². The fraction of sp³-hybridized carbons (Fsp3) is 0.200. The highest BCUT2D eigenvalue weighted by Crippen LogP contribution is 2.31. The van der Waals surface area contributed by atoms with Gasteiger partial charge in [0.15, 0.2) is 0 Å². The molecule has 1 atom stereocenters. The summed E-state index contributed by atoms with van der Waals surface area (Å²) in [6.07, 6.45) is 2.35. The molecule has 5 rings (SSSR count). The highest BCUT2D eigenvalue weighted by atomic mass is 79.9. The van der Waals surface area contributed by atoms with Crippen molar-refractivity contribution >= 4 is 73.1 Å². The molecular formula is C25H21BrF2N6O2S2. The maximum Gasteiger partial charge on any atom is 0.326 e. The van der Waals surface area contributed by atoms with E-state index in [-0.39, 0.29) is 12.0 Å². The van der Waals surface area contributed by atoms with E-state index in [4.69, 9.17) is 0 Å². The number of thiazole rings is 1. The number of benzene rings is 2. The molecule has 1 unspecified atom stereocenters. The lowest BCUT2D eigenvalue weighted by Crippen LogP contribution is -2.51. The third-order valence-corrected chi connectivity index (χ3v) is 8.07. The zero-order chi connectivity index (χ0) is 26.8. The molecule has 1 aliphatic rings. The number of carbonyl (C=O) groups is 2. The van der Waals surface area contributed by atoms with Gasteiger partial charge in [0, 0.05) is 42.4 Å². The van der Waals surface area contributed by atoms with Crippen LogP contribution in [0.3, 0.4) is 0 Å². The first kappa shape index (κ1) is 26.3. The highest BCUT2D eigenvalue weighted by Gasteiger charge is 2.27. The Morgan fingerprint density at radius 1 is 1.18 bits per heavy atom. The predicted molar refractivity (Wildman–Crippen MR) is 149 cm³/mol. The summed E-state index contributed by atoms with van der Waals surface area (Å²) >= 11 is 5.95. The number of hydrogen-bond acceptors (Lipinski definition) is 7. The zero-order valence-corrected chi connectivity index (χ0v) is 23.2. The Kier molecular flexibility index (Phi) is 7.77. The van der Waals surface area contributed by atoms with Crippen LogP contribution in [-0.4, -0.2) is 41.5 Å². The summed E-state index contributed by atoms with van der Waals surface area (Å²) in [7, 11) is 1.58. The van der Waals surface area contributed by atoms with E-state index in [1.807, 2.05) is 16.4 Å². The second kappa shape index (κ2) is 11.2. The normalized spacial score (nSPS) is 13.3. The maximum absolute atomic E-state index is 13.9. The minimum atomic E-state index is -1.10. The topological polar surface area (TPSA) is 90.5 Å². The lowest BCUT2D eigenvalue weighted by Gasteiger charge is -2.25. The van der Waals surface area contributed by atoms with Crippen molar-refractivity contribution < 1.29 is 18.4 Å². The van der Waals surface area contributed by atoms with Crippen LogP contribution in [0.4, 0.5) is 25.1 Å². The van der Waals surface area contributed by atoms with Crippen LogP contribution in [-0.2, 0) is 17.6 Å². The second-order valence-electron chi connectivity index (χ2n) is 8.59. The van der Waals surface area contributed by atoms with Gasteiger partial charge in [-0.05, 0) is 69.9 Å². The van der Waals surface area contributed by atoms with Gasteiger partial charge in [-0.15, -0.1) is 11.3 Å². The maximum atomic E-state index is 13.9. The van der Waals surface area contributed by atoms with Crippen molar-refractivity contribution in [2.24, 2.45) is 0 Å². The van der Waals surface area contributed by atoms with Gasteiger partial charge in [-0.3, -0.25) is 13.8 Å². The molecule has 2 aromatic carbocycles. The fourth-order valence-electron chi connectivity index (χ4n) is 4.16. The SMILES string of the molecule is CN(C(=O)C(Cc1cc(F)cc(F)c1)NC(=O)NSN1CCc2cc(Br)cnc21)c1ccc2scnc2c1.